The number of piperidine rings is 1. The van der Waals surface area contributed by atoms with Crippen molar-refractivity contribution in [3.8, 4) is 0 Å². The molecule has 0 saturated carbocycles. The highest BCUT2D eigenvalue weighted by molar-refractivity contribution is 5.82. The van der Waals surface area contributed by atoms with Crippen molar-refractivity contribution >= 4 is 11.8 Å². The van der Waals surface area contributed by atoms with Crippen molar-refractivity contribution in [2.75, 3.05) is 26.2 Å². The van der Waals surface area contributed by atoms with Gasteiger partial charge in [-0.2, -0.15) is 0 Å². The maximum atomic E-state index is 12.6. The number of hydrogen-bond donors (Lipinski definition) is 1. The van der Waals surface area contributed by atoms with Gasteiger partial charge in [-0.25, -0.2) is 0 Å². The molecule has 0 bridgehead atoms. The molecule has 4 heterocycles. The highest BCUT2D eigenvalue weighted by Crippen LogP contribution is 2.42. The third-order valence-electron chi connectivity index (χ3n) is 6.43. The molecular formula is C19H28N4O3. The molecule has 3 aliphatic heterocycles. The van der Waals surface area contributed by atoms with Crippen LogP contribution >= 0.6 is 0 Å². The molecule has 1 aromatic heterocycles. The summed E-state index contributed by atoms with van der Waals surface area (Å²) in [6.45, 7) is 7.65. The van der Waals surface area contributed by atoms with Crippen LogP contribution < -0.4 is 5.32 Å². The molecule has 1 spiro atoms. The van der Waals surface area contributed by atoms with E-state index in [1.807, 2.05) is 23.6 Å². The average molecular weight is 360 g/mol. The van der Waals surface area contributed by atoms with Crippen LogP contribution in [-0.2, 0) is 16.1 Å². The van der Waals surface area contributed by atoms with E-state index in [2.05, 4.69) is 10.5 Å². The number of aromatic nitrogens is 1. The molecule has 4 rings (SSSR count). The monoisotopic (exact) mass is 360 g/mol. The molecule has 2 amide bonds. The maximum absolute atomic E-state index is 12.6. The number of hydrogen-bond acceptors (Lipinski definition) is 5. The van der Waals surface area contributed by atoms with Crippen molar-refractivity contribution in [1.29, 1.82) is 0 Å². The zero-order valence-electron chi connectivity index (χ0n) is 15.7. The molecule has 7 heteroatoms. The summed E-state index contributed by atoms with van der Waals surface area (Å²) in [6.07, 6.45) is 4.45. The summed E-state index contributed by atoms with van der Waals surface area (Å²) in [7, 11) is 0. The quantitative estimate of drug-likeness (QED) is 0.881. The lowest BCUT2D eigenvalue weighted by Crippen LogP contribution is -2.49. The lowest BCUT2D eigenvalue weighted by atomic mass is 9.77. The predicted molar refractivity (Wildman–Crippen MR) is 95.3 cm³/mol. The number of carbonyl (C=O) groups is 2. The first kappa shape index (κ1) is 17.5. The molecule has 7 nitrogen and oxygen atoms in total. The van der Waals surface area contributed by atoms with Gasteiger partial charge in [0.05, 0.1) is 18.3 Å². The summed E-state index contributed by atoms with van der Waals surface area (Å²) in [4.78, 5) is 29.1. The zero-order valence-corrected chi connectivity index (χ0v) is 15.7. The zero-order chi connectivity index (χ0) is 18.3. The van der Waals surface area contributed by atoms with Gasteiger partial charge in [0, 0.05) is 37.0 Å². The van der Waals surface area contributed by atoms with Gasteiger partial charge >= 0.3 is 0 Å². The molecule has 1 N–H and O–H groups in total. The van der Waals surface area contributed by atoms with Gasteiger partial charge in [0.2, 0.25) is 11.8 Å². The number of amides is 2. The third kappa shape index (κ3) is 3.13. The minimum Gasteiger partial charge on any atom is -0.361 e. The predicted octanol–water partition coefficient (Wildman–Crippen LogP) is 1.38. The van der Waals surface area contributed by atoms with Crippen LogP contribution in [0.5, 0.6) is 0 Å². The lowest BCUT2D eigenvalue weighted by molar-refractivity contribution is -0.135. The standard InChI is InChI=1S/C19H28N4O3/c1-13-15(14(2)26-21-13)11-23-12-19(10-17(23)24)5-8-22(9-6-19)18(25)16-4-3-7-20-16/h16,20H,3-12H2,1-2H3/t16-/m0/s1. The second kappa shape index (κ2) is 6.68. The topological polar surface area (TPSA) is 78.7 Å². The fourth-order valence-electron chi connectivity index (χ4n) is 4.70. The van der Waals surface area contributed by atoms with Gasteiger partial charge in [-0.3, -0.25) is 9.59 Å². The number of nitrogens with zero attached hydrogens (tertiary/aromatic N) is 3. The minimum atomic E-state index is 0.00491. The Morgan fingerprint density at radius 1 is 1.35 bits per heavy atom. The SMILES string of the molecule is Cc1noc(C)c1CN1CC2(CCN(C(=O)[C@@H]3CCCN3)CC2)CC1=O. The highest BCUT2D eigenvalue weighted by Gasteiger charge is 2.46. The van der Waals surface area contributed by atoms with Crippen molar-refractivity contribution in [2.24, 2.45) is 5.41 Å². The molecule has 0 radical (unpaired) electrons. The Labute approximate surface area is 154 Å². The van der Waals surface area contributed by atoms with Gasteiger partial charge in [-0.1, -0.05) is 5.16 Å². The Balaban J connectivity index is 1.37. The maximum Gasteiger partial charge on any atom is 0.239 e. The van der Waals surface area contributed by atoms with E-state index < -0.39 is 0 Å². The smallest absolute Gasteiger partial charge is 0.239 e. The van der Waals surface area contributed by atoms with Crippen LogP contribution in [0.3, 0.4) is 0 Å². The van der Waals surface area contributed by atoms with Crippen LogP contribution in [0.25, 0.3) is 0 Å². The van der Waals surface area contributed by atoms with E-state index in [0.29, 0.717) is 13.0 Å². The van der Waals surface area contributed by atoms with Gasteiger partial charge in [-0.05, 0) is 46.1 Å². The summed E-state index contributed by atoms with van der Waals surface area (Å²) in [6, 6.07) is 0.00491. The van der Waals surface area contributed by atoms with Crippen LogP contribution in [0.4, 0.5) is 0 Å². The number of carbonyl (C=O) groups excluding carboxylic acids is 2. The molecule has 142 valence electrons. The molecule has 0 aromatic carbocycles. The van der Waals surface area contributed by atoms with Crippen LogP contribution in [0.15, 0.2) is 4.52 Å². The molecule has 3 saturated heterocycles. The largest absolute Gasteiger partial charge is 0.361 e. The van der Waals surface area contributed by atoms with E-state index in [1.165, 1.54) is 0 Å². The Bertz CT molecular complexity index is 680. The molecule has 1 atom stereocenters. The number of aryl methyl sites for hydroxylation is 2. The van der Waals surface area contributed by atoms with E-state index in [0.717, 1.165) is 68.9 Å². The Kier molecular flexibility index (Phi) is 4.50. The molecular weight excluding hydrogens is 332 g/mol. The normalized spacial score (nSPS) is 25.5. The van der Waals surface area contributed by atoms with E-state index >= 15 is 0 Å². The first-order chi connectivity index (χ1) is 12.5. The van der Waals surface area contributed by atoms with Gasteiger partial charge in [0.25, 0.3) is 0 Å². The fourth-order valence-corrected chi connectivity index (χ4v) is 4.70. The molecule has 0 aliphatic carbocycles. The van der Waals surface area contributed by atoms with Crippen LogP contribution in [0.2, 0.25) is 0 Å². The average Bonchev–Trinajstić information content (AvgIpc) is 3.33. The van der Waals surface area contributed by atoms with Crippen molar-refractivity contribution in [2.45, 2.75) is 58.5 Å². The first-order valence-corrected chi connectivity index (χ1v) is 9.69. The first-order valence-electron chi connectivity index (χ1n) is 9.69. The molecule has 1 aromatic rings. The van der Waals surface area contributed by atoms with Crippen molar-refractivity contribution in [1.82, 2.24) is 20.3 Å². The Hall–Kier alpha value is -1.89. The molecule has 0 unspecified atom stereocenters. The van der Waals surface area contributed by atoms with E-state index in [4.69, 9.17) is 4.52 Å². The summed E-state index contributed by atoms with van der Waals surface area (Å²) in [5, 5.41) is 7.29. The Morgan fingerprint density at radius 2 is 2.12 bits per heavy atom. The summed E-state index contributed by atoms with van der Waals surface area (Å²) < 4.78 is 5.23. The van der Waals surface area contributed by atoms with E-state index in [9.17, 15) is 9.59 Å². The van der Waals surface area contributed by atoms with Crippen molar-refractivity contribution in [3.63, 3.8) is 0 Å². The van der Waals surface area contributed by atoms with Crippen LogP contribution in [0, 0.1) is 19.3 Å². The van der Waals surface area contributed by atoms with Crippen LogP contribution in [0.1, 0.15) is 49.1 Å². The lowest BCUT2D eigenvalue weighted by Gasteiger charge is -2.39. The summed E-state index contributed by atoms with van der Waals surface area (Å²) in [5.41, 5.74) is 1.91. The minimum absolute atomic E-state index is 0.00491. The summed E-state index contributed by atoms with van der Waals surface area (Å²) in [5.74, 6) is 1.25. The number of nitrogens with one attached hydrogen (secondary N) is 1. The van der Waals surface area contributed by atoms with E-state index in [1.54, 1.807) is 0 Å². The van der Waals surface area contributed by atoms with Crippen LogP contribution in [-0.4, -0.2) is 59.0 Å². The summed E-state index contributed by atoms with van der Waals surface area (Å²) >= 11 is 0. The van der Waals surface area contributed by atoms with Crippen molar-refractivity contribution in [3.05, 3.63) is 17.0 Å². The fraction of sp³-hybridized carbons (Fsp3) is 0.737. The number of likely N-dealkylation sites (tertiary alicyclic amines) is 2. The number of rotatable bonds is 3. The molecule has 3 aliphatic rings. The van der Waals surface area contributed by atoms with E-state index in [-0.39, 0.29) is 23.3 Å². The van der Waals surface area contributed by atoms with Gasteiger partial charge in [0.1, 0.15) is 5.76 Å². The Morgan fingerprint density at radius 3 is 2.73 bits per heavy atom. The van der Waals surface area contributed by atoms with Crippen molar-refractivity contribution < 1.29 is 14.1 Å². The molecule has 3 fully saturated rings. The van der Waals surface area contributed by atoms with Gasteiger partial charge < -0.3 is 19.6 Å². The second-order valence-corrected chi connectivity index (χ2v) is 8.20. The van der Waals surface area contributed by atoms with Gasteiger partial charge in [-0.15, -0.1) is 0 Å². The highest BCUT2D eigenvalue weighted by atomic mass is 16.5. The van der Waals surface area contributed by atoms with Gasteiger partial charge in [0.15, 0.2) is 0 Å². The third-order valence-corrected chi connectivity index (χ3v) is 6.43. The molecule has 26 heavy (non-hydrogen) atoms. The second-order valence-electron chi connectivity index (χ2n) is 8.20.